The van der Waals surface area contributed by atoms with E-state index in [4.69, 9.17) is 13.7 Å². The molecule has 0 radical (unpaired) electrons. The Hall–Kier alpha value is -2.60. The topological polar surface area (TPSA) is 73.3 Å². The Morgan fingerprint density at radius 2 is 1.96 bits per heavy atom. The Morgan fingerprint density at radius 1 is 1.17 bits per heavy atom. The molecule has 0 aliphatic carbocycles. The van der Waals surface area contributed by atoms with Gasteiger partial charge in [0.1, 0.15) is 17.3 Å². The Balaban J connectivity index is 1.62. The minimum Gasteiger partial charge on any atom is -0.497 e. The molecular formula is C17H19N3O3. The summed E-state index contributed by atoms with van der Waals surface area (Å²) in [6.45, 7) is 4.46. The van der Waals surface area contributed by atoms with Crippen LogP contribution in [0.25, 0.3) is 11.5 Å². The van der Waals surface area contributed by atoms with E-state index in [1.165, 1.54) is 0 Å². The molecule has 23 heavy (non-hydrogen) atoms. The third-order valence-corrected chi connectivity index (χ3v) is 3.56. The fourth-order valence-corrected chi connectivity index (χ4v) is 2.21. The number of hydrogen-bond acceptors (Lipinski definition) is 6. The highest BCUT2D eigenvalue weighted by atomic mass is 16.5. The molecule has 0 saturated heterocycles. The summed E-state index contributed by atoms with van der Waals surface area (Å²) in [6, 6.07) is 11.5. The van der Waals surface area contributed by atoms with Crippen molar-refractivity contribution in [3.63, 3.8) is 0 Å². The summed E-state index contributed by atoms with van der Waals surface area (Å²) in [6.07, 6.45) is 0. The molecule has 6 heteroatoms. The molecular weight excluding hydrogens is 294 g/mol. The summed E-state index contributed by atoms with van der Waals surface area (Å²) < 4.78 is 16.0. The van der Waals surface area contributed by atoms with Gasteiger partial charge in [-0.2, -0.15) is 4.98 Å². The van der Waals surface area contributed by atoms with Gasteiger partial charge in [0.15, 0.2) is 5.82 Å². The van der Waals surface area contributed by atoms with Crippen LogP contribution in [0, 0.1) is 6.92 Å². The van der Waals surface area contributed by atoms with Crippen LogP contribution in [0.4, 0.5) is 0 Å². The van der Waals surface area contributed by atoms with Crippen molar-refractivity contribution in [1.82, 2.24) is 15.5 Å². The largest absolute Gasteiger partial charge is 0.497 e. The number of hydrogen-bond donors (Lipinski definition) is 1. The zero-order valence-electron chi connectivity index (χ0n) is 13.4. The van der Waals surface area contributed by atoms with Crippen molar-refractivity contribution in [1.29, 1.82) is 0 Å². The van der Waals surface area contributed by atoms with Crippen LogP contribution < -0.4 is 10.1 Å². The van der Waals surface area contributed by atoms with Crippen LogP contribution in [0.5, 0.6) is 5.75 Å². The number of aryl methyl sites for hydroxylation is 1. The van der Waals surface area contributed by atoms with E-state index in [0.717, 1.165) is 22.8 Å². The highest BCUT2D eigenvalue weighted by Gasteiger charge is 2.12. The van der Waals surface area contributed by atoms with Gasteiger partial charge in [0, 0.05) is 5.56 Å². The van der Waals surface area contributed by atoms with Crippen LogP contribution in [-0.2, 0) is 6.54 Å². The first kappa shape index (κ1) is 15.3. The lowest BCUT2D eigenvalue weighted by atomic mass is 10.2. The predicted molar refractivity (Wildman–Crippen MR) is 85.0 cm³/mol. The summed E-state index contributed by atoms with van der Waals surface area (Å²) in [4.78, 5) is 4.40. The minimum absolute atomic E-state index is 0.0756. The number of furan rings is 1. The number of methoxy groups -OCH3 is 1. The molecule has 0 aliphatic rings. The molecule has 0 bridgehead atoms. The van der Waals surface area contributed by atoms with E-state index in [1.54, 1.807) is 7.11 Å². The maximum atomic E-state index is 5.59. The molecule has 2 heterocycles. The summed E-state index contributed by atoms with van der Waals surface area (Å²) in [5.41, 5.74) is 0.860. The number of benzene rings is 1. The van der Waals surface area contributed by atoms with Crippen LogP contribution in [0.2, 0.25) is 0 Å². The van der Waals surface area contributed by atoms with Crippen LogP contribution in [0.1, 0.15) is 30.3 Å². The quantitative estimate of drug-likeness (QED) is 0.751. The zero-order valence-corrected chi connectivity index (χ0v) is 13.4. The van der Waals surface area contributed by atoms with Gasteiger partial charge in [0.2, 0.25) is 0 Å². The standard InChI is InChI=1S/C17H19N3O3/c1-11-4-9-15(22-11)12(2)18-10-16-19-17(23-20-16)13-5-7-14(21-3)8-6-13/h4-9,12,18H,10H2,1-3H3/t12-/m1/s1. The van der Waals surface area contributed by atoms with Gasteiger partial charge >= 0.3 is 0 Å². The average molecular weight is 313 g/mol. The first-order chi connectivity index (χ1) is 11.2. The maximum absolute atomic E-state index is 5.59. The first-order valence-electron chi connectivity index (χ1n) is 7.42. The second-order valence-corrected chi connectivity index (χ2v) is 5.30. The van der Waals surface area contributed by atoms with Crippen molar-refractivity contribution in [2.45, 2.75) is 26.4 Å². The smallest absolute Gasteiger partial charge is 0.257 e. The second-order valence-electron chi connectivity index (χ2n) is 5.30. The number of nitrogens with one attached hydrogen (secondary N) is 1. The first-order valence-corrected chi connectivity index (χ1v) is 7.42. The molecule has 1 aromatic carbocycles. The maximum Gasteiger partial charge on any atom is 0.257 e. The van der Waals surface area contributed by atoms with Crippen LogP contribution in [0.3, 0.4) is 0 Å². The molecule has 1 N–H and O–H groups in total. The molecule has 0 saturated carbocycles. The third kappa shape index (κ3) is 3.60. The molecule has 0 unspecified atom stereocenters. The lowest BCUT2D eigenvalue weighted by Gasteiger charge is -2.08. The van der Waals surface area contributed by atoms with E-state index in [2.05, 4.69) is 15.5 Å². The minimum atomic E-state index is 0.0756. The molecule has 0 fully saturated rings. The molecule has 3 aromatic rings. The summed E-state index contributed by atoms with van der Waals surface area (Å²) in [5.74, 6) is 3.67. The molecule has 0 amide bonds. The summed E-state index contributed by atoms with van der Waals surface area (Å²) >= 11 is 0. The molecule has 6 nitrogen and oxygen atoms in total. The van der Waals surface area contributed by atoms with Gasteiger partial charge in [-0.05, 0) is 50.2 Å². The Morgan fingerprint density at radius 3 is 2.61 bits per heavy atom. The van der Waals surface area contributed by atoms with Crippen molar-refractivity contribution < 1.29 is 13.7 Å². The second kappa shape index (κ2) is 6.66. The Bertz CT molecular complexity index is 761. The van der Waals surface area contributed by atoms with E-state index in [9.17, 15) is 0 Å². The van der Waals surface area contributed by atoms with Gasteiger partial charge in [-0.3, -0.25) is 0 Å². The van der Waals surface area contributed by atoms with Crippen molar-refractivity contribution >= 4 is 0 Å². The molecule has 1 atom stereocenters. The van der Waals surface area contributed by atoms with E-state index < -0.39 is 0 Å². The molecule has 0 aliphatic heterocycles. The Labute approximate surface area is 134 Å². The number of rotatable bonds is 6. The van der Waals surface area contributed by atoms with Crippen LogP contribution >= 0.6 is 0 Å². The normalized spacial score (nSPS) is 12.3. The molecule has 120 valence electrons. The van der Waals surface area contributed by atoms with E-state index in [0.29, 0.717) is 18.3 Å². The third-order valence-electron chi connectivity index (χ3n) is 3.56. The van der Waals surface area contributed by atoms with Gasteiger partial charge in [0.25, 0.3) is 5.89 Å². The monoisotopic (exact) mass is 313 g/mol. The fraction of sp³-hybridized carbons (Fsp3) is 0.294. The average Bonchev–Trinajstić information content (AvgIpc) is 3.22. The number of nitrogens with zero attached hydrogens (tertiary/aromatic N) is 2. The van der Waals surface area contributed by atoms with Crippen molar-refractivity contribution in [3.05, 3.63) is 53.7 Å². The van der Waals surface area contributed by atoms with E-state index in [1.807, 2.05) is 50.2 Å². The SMILES string of the molecule is COc1ccc(-c2nc(CN[C@H](C)c3ccc(C)o3)no2)cc1. The predicted octanol–water partition coefficient (Wildman–Crippen LogP) is 3.50. The van der Waals surface area contributed by atoms with Gasteiger partial charge < -0.3 is 19.0 Å². The van der Waals surface area contributed by atoms with Gasteiger partial charge in [-0.25, -0.2) is 0 Å². The lowest BCUT2D eigenvalue weighted by molar-refractivity contribution is 0.397. The van der Waals surface area contributed by atoms with Crippen molar-refractivity contribution in [3.8, 4) is 17.2 Å². The lowest BCUT2D eigenvalue weighted by Crippen LogP contribution is -2.18. The van der Waals surface area contributed by atoms with Crippen molar-refractivity contribution in [2.24, 2.45) is 0 Å². The molecule has 2 aromatic heterocycles. The van der Waals surface area contributed by atoms with Gasteiger partial charge in [-0.15, -0.1) is 0 Å². The number of aromatic nitrogens is 2. The van der Waals surface area contributed by atoms with Gasteiger partial charge in [-0.1, -0.05) is 5.16 Å². The number of ether oxygens (including phenoxy) is 1. The summed E-state index contributed by atoms with van der Waals surface area (Å²) in [7, 11) is 1.63. The van der Waals surface area contributed by atoms with E-state index >= 15 is 0 Å². The Kier molecular flexibility index (Phi) is 4.43. The zero-order chi connectivity index (χ0) is 16.2. The highest BCUT2D eigenvalue weighted by molar-refractivity contribution is 5.54. The van der Waals surface area contributed by atoms with Crippen molar-refractivity contribution in [2.75, 3.05) is 7.11 Å². The summed E-state index contributed by atoms with van der Waals surface area (Å²) in [5, 5.41) is 7.31. The van der Waals surface area contributed by atoms with Crippen LogP contribution in [0.15, 0.2) is 45.3 Å². The fourth-order valence-electron chi connectivity index (χ4n) is 2.21. The van der Waals surface area contributed by atoms with Crippen LogP contribution in [-0.4, -0.2) is 17.3 Å². The molecule has 0 spiro atoms. The van der Waals surface area contributed by atoms with Gasteiger partial charge in [0.05, 0.1) is 19.7 Å². The molecule has 3 rings (SSSR count). The highest BCUT2D eigenvalue weighted by Crippen LogP contribution is 2.21. The van der Waals surface area contributed by atoms with E-state index in [-0.39, 0.29) is 6.04 Å².